The van der Waals surface area contributed by atoms with Gasteiger partial charge in [-0.1, -0.05) is 19.1 Å². The summed E-state index contributed by atoms with van der Waals surface area (Å²) in [5.74, 6) is 0.932. The van der Waals surface area contributed by atoms with Gasteiger partial charge >= 0.3 is 0 Å². The Morgan fingerprint density at radius 2 is 2.00 bits per heavy atom. The van der Waals surface area contributed by atoms with E-state index in [-0.39, 0.29) is 0 Å². The molecule has 0 spiro atoms. The van der Waals surface area contributed by atoms with Gasteiger partial charge < -0.3 is 10.1 Å². The molecular formula is C17H22N2O. The predicted molar refractivity (Wildman–Crippen MR) is 82.0 cm³/mol. The van der Waals surface area contributed by atoms with E-state index in [0.29, 0.717) is 12.6 Å². The van der Waals surface area contributed by atoms with Crippen LogP contribution in [0.15, 0.2) is 48.8 Å². The topological polar surface area (TPSA) is 34.1 Å². The molecule has 20 heavy (non-hydrogen) atoms. The zero-order valence-corrected chi connectivity index (χ0v) is 12.2. The number of hydrogen-bond donors (Lipinski definition) is 1. The van der Waals surface area contributed by atoms with E-state index in [0.717, 1.165) is 18.7 Å². The van der Waals surface area contributed by atoms with E-state index in [1.165, 1.54) is 11.1 Å². The van der Waals surface area contributed by atoms with Crippen LogP contribution < -0.4 is 10.1 Å². The summed E-state index contributed by atoms with van der Waals surface area (Å²) in [6, 6.07) is 12.7. The molecule has 1 heterocycles. The van der Waals surface area contributed by atoms with Crippen LogP contribution in [0.2, 0.25) is 0 Å². The third-order valence-corrected chi connectivity index (χ3v) is 3.28. The number of ether oxygens (including phenoxy) is 1. The quantitative estimate of drug-likeness (QED) is 0.837. The summed E-state index contributed by atoms with van der Waals surface area (Å²) in [7, 11) is 0. The molecule has 0 bridgehead atoms. The molecule has 0 amide bonds. The van der Waals surface area contributed by atoms with Gasteiger partial charge in [0.05, 0.1) is 6.61 Å². The first-order chi connectivity index (χ1) is 9.79. The van der Waals surface area contributed by atoms with E-state index < -0.39 is 0 Å². The largest absolute Gasteiger partial charge is 0.493 e. The number of pyridine rings is 1. The van der Waals surface area contributed by atoms with Gasteiger partial charge in [-0.25, -0.2) is 0 Å². The Balaban J connectivity index is 1.88. The Morgan fingerprint density at radius 3 is 2.75 bits per heavy atom. The van der Waals surface area contributed by atoms with E-state index in [9.17, 15) is 0 Å². The summed E-state index contributed by atoms with van der Waals surface area (Å²) < 4.78 is 5.83. The van der Waals surface area contributed by atoms with E-state index in [2.05, 4.69) is 36.3 Å². The SMILES string of the molecule is CCNC(C)c1cccc(OCCc2ccncc2)c1. The summed E-state index contributed by atoms with van der Waals surface area (Å²) >= 11 is 0. The lowest BCUT2D eigenvalue weighted by Crippen LogP contribution is -2.17. The Hall–Kier alpha value is -1.87. The van der Waals surface area contributed by atoms with E-state index in [4.69, 9.17) is 4.74 Å². The number of rotatable bonds is 7. The molecule has 106 valence electrons. The summed E-state index contributed by atoms with van der Waals surface area (Å²) in [5.41, 5.74) is 2.51. The molecule has 0 aliphatic heterocycles. The van der Waals surface area contributed by atoms with Crippen molar-refractivity contribution in [2.45, 2.75) is 26.3 Å². The molecule has 0 fully saturated rings. The lowest BCUT2D eigenvalue weighted by atomic mass is 10.1. The first kappa shape index (κ1) is 14.5. The molecule has 0 saturated carbocycles. The van der Waals surface area contributed by atoms with E-state index in [1.807, 2.05) is 36.7 Å². The van der Waals surface area contributed by atoms with Crippen LogP contribution in [0.25, 0.3) is 0 Å². The number of benzene rings is 1. The molecule has 2 aromatic rings. The van der Waals surface area contributed by atoms with Crippen LogP contribution in [-0.2, 0) is 6.42 Å². The highest BCUT2D eigenvalue weighted by molar-refractivity contribution is 5.30. The Kier molecular flexibility index (Phi) is 5.56. The first-order valence-electron chi connectivity index (χ1n) is 7.14. The van der Waals surface area contributed by atoms with Crippen molar-refractivity contribution in [2.75, 3.05) is 13.2 Å². The predicted octanol–water partition coefficient (Wildman–Crippen LogP) is 3.37. The maximum Gasteiger partial charge on any atom is 0.119 e. The number of nitrogens with one attached hydrogen (secondary N) is 1. The molecule has 0 aliphatic rings. The van der Waals surface area contributed by atoms with Crippen LogP contribution in [0.1, 0.15) is 31.0 Å². The smallest absolute Gasteiger partial charge is 0.119 e. The zero-order valence-electron chi connectivity index (χ0n) is 12.2. The van der Waals surface area contributed by atoms with Gasteiger partial charge in [-0.3, -0.25) is 4.98 Å². The highest BCUT2D eigenvalue weighted by Gasteiger charge is 2.04. The fraction of sp³-hybridized carbons (Fsp3) is 0.353. The van der Waals surface area contributed by atoms with Gasteiger partial charge in [-0.05, 0) is 48.9 Å². The van der Waals surface area contributed by atoms with Crippen molar-refractivity contribution in [1.82, 2.24) is 10.3 Å². The van der Waals surface area contributed by atoms with Gasteiger partial charge in [-0.2, -0.15) is 0 Å². The average molecular weight is 270 g/mol. The lowest BCUT2D eigenvalue weighted by molar-refractivity contribution is 0.321. The van der Waals surface area contributed by atoms with Crippen LogP contribution >= 0.6 is 0 Å². The molecule has 1 N–H and O–H groups in total. The summed E-state index contributed by atoms with van der Waals surface area (Å²) in [6.45, 7) is 5.93. The third-order valence-electron chi connectivity index (χ3n) is 3.28. The highest BCUT2D eigenvalue weighted by atomic mass is 16.5. The minimum absolute atomic E-state index is 0.351. The van der Waals surface area contributed by atoms with Gasteiger partial charge in [0.15, 0.2) is 0 Å². The highest BCUT2D eigenvalue weighted by Crippen LogP contribution is 2.19. The van der Waals surface area contributed by atoms with Crippen LogP contribution in [0.5, 0.6) is 5.75 Å². The molecule has 2 rings (SSSR count). The van der Waals surface area contributed by atoms with Gasteiger partial charge in [0.2, 0.25) is 0 Å². The molecule has 1 unspecified atom stereocenters. The summed E-state index contributed by atoms with van der Waals surface area (Å²) in [5, 5.41) is 3.41. The van der Waals surface area contributed by atoms with Crippen LogP contribution in [0, 0.1) is 0 Å². The molecule has 3 nitrogen and oxygen atoms in total. The van der Waals surface area contributed by atoms with Crippen molar-refractivity contribution >= 4 is 0 Å². The van der Waals surface area contributed by atoms with E-state index in [1.54, 1.807) is 0 Å². The van der Waals surface area contributed by atoms with Crippen molar-refractivity contribution in [2.24, 2.45) is 0 Å². The first-order valence-corrected chi connectivity index (χ1v) is 7.14. The molecule has 1 aromatic heterocycles. The number of hydrogen-bond acceptors (Lipinski definition) is 3. The number of aromatic nitrogens is 1. The molecule has 0 aliphatic carbocycles. The second-order valence-electron chi connectivity index (χ2n) is 4.81. The van der Waals surface area contributed by atoms with Gasteiger partial charge in [0, 0.05) is 24.9 Å². The minimum atomic E-state index is 0.351. The Labute approximate surface area is 121 Å². The standard InChI is InChI=1S/C17H22N2O/c1-3-19-14(2)16-5-4-6-17(13-16)20-12-9-15-7-10-18-11-8-15/h4-8,10-11,13-14,19H,3,9,12H2,1-2H3. The second-order valence-corrected chi connectivity index (χ2v) is 4.81. The second kappa shape index (κ2) is 7.65. The van der Waals surface area contributed by atoms with Crippen molar-refractivity contribution in [3.8, 4) is 5.75 Å². The molecule has 0 saturated heterocycles. The summed E-state index contributed by atoms with van der Waals surface area (Å²) in [4.78, 5) is 4.01. The van der Waals surface area contributed by atoms with Crippen LogP contribution in [0.4, 0.5) is 0 Å². The van der Waals surface area contributed by atoms with Crippen molar-refractivity contribution in [1.29, 1.82) is 0 Å². The van der Waals surface area contributed by atoms with Crippen LogP contribution in [0.3, 0.4) is 0 Å². The van der Waals surface area contributed by atoms with Gasteiger partial charge in [0.25, 0.3) is 0 Å². The molecule has 1 atom stereocenters. The molecule has 0 radical (unpaired) electrons. The maximum absolute atomic E-state index is 5.83. The van der Waals surface area contributed by atoms with Gasteiger partial charge in [-0.15, -0.1) is 0 Å². The zero-order chi connectivity index (χ0) is 14.2. The molecule has 3 heteroatoms. The minimum Gasteiger partial charge on any atom is -0.493 e. The van der Waals surface area contributed by atoms with Crippen molar-refractivity contribution in [3.05, 3.63) is 59.9 Å². The van der Waals surface area contributed by atoms with Gasteiger partial charge in [0.1, 0.15) is 5.75 Å². The Morgan fingerprint density at radius 1 is 1.20 bits per heavy atom. The lowest BCUT2D eigenvalue weighted by Gasteiger charge is -2.14. The maximum atomic E-state index is 5.83. The van der Waals surface area contributed by atoms with Crippen molar-refractivity contribution in [3.63, 3.8) is 0 Å². The third kappa shape index (κ3) is 4.35. The monoisotopic (exact) mass is 270 g/mol. The van der Waals surface area contributed by atoms with Crippen LogP contribution in [-0.4, -0.2) is 18.1 Å². The average Bonchev–Trinajstić information content (AvgIpc) is 2.49. The fourth-order valence-electron chi connectivity index (χ4n) is 2.13. The van der Waals surface area contributed by atoms with E-state index >= 15 is 0 Å². The molecule has 1 aromatic carbocycles. The molecular weight excluding hydrogens is 248 g/mol. The number of nitrogens with zero attached hydrogens (tertiary/aromatic N) is 1. The summed E-state index contributed by atoms with van der Waals surface area (Å²) in [6.07, 6.45) is 4.53. The fourth-order valence-corrected chi connectivity index (χ4v) is 2.13. The van der Waals surface area contributed by atoms with Crippen molar-refractivity contribution < 1.29 is 4.74 Å². The normalized spacial score (nSPS) is 12.1. The Bertz CT molecular complexity index is 513.